The molecule has 0 saturated carbocycles. The average molecular weight is 281 g/mol. The summed E-state index contributed by atoms with van der Waals surface area (Å²) in [5.41, 5.74) is 6.34. The van der Waals surface area contributed by atoms with Crippen LogP contribution in [0, 0.1) is 11.8 Å². The van der Waals surface area contributed by atoms with Gasteiger partial charge in [0.15, 0.2) is 0 Å². The monoisotopic (exact) mass is 281 g/mol. The fourth-order valence-electron chi connectivity index (χ4n) is 4.70. The van der Waals surface area contributed by atoms with Gasteiger partial charge >= 0.3 is 0 Å². The first-order valence-corrected chi connectivity index (χ1v) is 8.38. The second-order valence-electron chi connectivity index (χ2n) is 7.31. The molecule has 0 bridgehead atoms. The Morgan fingerprint density at radius 2 is 2.10 bits per heavy atom. The first kappa shape index (κ1) is 14.8. The van der Waals surface area contributed by atoms with E-state index in [1.165, 1.54) is 45.3 Å². The number of nitrogens with two attached hydrogens (primary N) is 1. The van der Waals surface area contributed by atoms with Crippen LogP contribution in [-0.4, -0.2) is 67.8 Å². The van der Waals surface area contributed by atoms with Crippen LogP contribution >= 0.6 is 0 Å². The van der Waals surface area contributed by atoms with Gasteiger partial charge in [0.25, 0.3) is 0 Å². The lowest BCUT2D eigenvalue weighted by atomic mass is 9.78. The van der Waals surface area contributed by atoms with Gasteiger partial charge in [0.05, 0.1) is 6.61 Å². The fourth-order valence-corrected chi connectivity index (χ4v) is 4.70. The number of likely N-dealkylation sites (tertiary alicyclic amines) is 2. The molecule has 4 unspecified atom stereocenters. The van der Waals surface area contributed by atoms with Crippen molar-refractivity contribution >= 4 is 0 Å². The van der Waals surface area contributed by atoms with E-state index < -0.39 is 0 Å². The molecule has 2 N–H and O–H groups in total. The van der Waals surface area contributed by atoms with Gasteiger partial charge in [-0.2, -0.15) is 0 Å². The molecule has 3 aliphatic heterocycles. The van der Waals surface area contributed by atoms with Crippen molar-refractivity contribution in [1.82, 2.24) is 9.80 Å². The van der Waals surface area contributed by atoms with E-state index in [9.17, 15) is 0 Å². The molecule has 4 nitrogen and oxygen atoms in total. The Bertz CT molecular complexity index is 332. The van der Waals surface area contributed by atoms with Crippen LogP contribution in [0.3, 0.4) is 0 Å². The van der Waals surface area contributed by atoms with E-state index in [4.69, 9.17) is 10.5 Å². The molecule has 3 saturated heterocycles. The third-order valence-electron chi connectivity index (χ3n) is 6.29. The third-order valence-corrected chi connectivity index (χ3v) is 6.29. The molecule has 0 spiro atoms. The molecule has 3 fully saturated rings. The molecular formula is C16H31N3O. The van der Waals surface area contributed by atoms with Crippen LogP contribution in [0.2, 0.25) is 0 Å². The Balaban J connectivity index is 1.70. The first-order chi connectivity index (χ1) is 9.65. The minimum absolute atomic E-state index is 0.136. The number of hydrogen-bond acceptors (Lipinski definition) is 4. The summed E-state index contributed by atoms with van der Waals surface area (Å²) in [5, 5.41) is 0. The molecular weight excluding hydrogens is 250 g/mol. The molecule has 4 heteroatoms. The van der Waals surface area contributed by atoms with Gasteiger partial charge in [-0.15, -0.1) is 0 Å². The largest absolute Gasteiger partial charge is 0.381 e. The van der Waals surface area contributed by atoms with Crippen molar-refractivity contribution in [2.24, 2.45) is 17.6 Å². The number of fused-ring (bicyclic) bond motifs is 1. The summed E-state index contributed by atoms with van der Waals surface area (Å²) in [7, 11) is 2.30. The molecule has 0 aromatic rings. The second kappa shape index (κ2) is 5.91. The van der Waals surface area contributed by atoms with Crippen LogP contribution in [0.15, 0.2) is 0 Å². The van der Waals surface area contributed by atoms with Crippen molar-refractivity contribution in [3.05, 3.63) is 0 Å². The van der Waals surface area contributed by atoms with Crippen LogP contribution in [0.5, 0.6) is 0 Å². The summed E-state index contributed by atoms with van der Waals surface area (Å²) in [6.45, 7) is 8.68. The highest BCUT2D eigenvalue weighted by atomic mass is 16.5. The smallest absolute Gasteiger partial charge is 0.0513 e. The lowest BCUT2D eigenvalue weighted by Gasteiger charge is -2.53. The maximum atomic E-state index is 6.21. The average Bonchev–Trinajstić information content (AvgIpc) is 3.01. The molecule has 3 heterocycles. The van der Waals surface area contributed by atoms with Crippen LogP contribution < -0.4 is 5.73 Å². The number of hydrogen-bond donors (Lipinski definition) is 1. The fraction of sp³-hybridized carbons (Fsp3) is 1.00. The number of rotatable bonds is 3. The third kappa shape index (κ3) is 2.52. The van der Waals surface area contributed by atoms with Crippen molar-refractivity contribution in [2.45, 2.75) is 44.2 Å². The molecule has 3 aliphatic rings. The van der Waals surface area contributed by atoms with Gasteiger partial charge in [0.2, 0.25) is 0 Å². The van der Waals surface area contributed by atoms with Gasteiger partial charge in [0, 0.05) is 43.7 Å². The van der Waals surface area contributed by atoms with E-state index in [1.54, 1.807) is 0 Å². The predicted octanol–water partition coefficient (Wildman–Crippen LogP) is 1.16. The zero-order valence-electron chi connectivity index (χ0n) is 13.2. The Kier molecular flexibility index (Phi) is 4.37. The summed E-state index contributed by atoms with van der Waals surface area (Å²) in [5.74, 6) is 1.46. The molecule has 0 radical (unpaired) electrons. The van der Waals surface area contributed by atoms with Crippen molar-refractivity contribution in [2.75, 3.05) is 46.4 Å². The highest BCUT2D eigenvalue weighted by molar-refractivity contribution is 5.00. The highest BCUT2D eigenvalue weighted by Gasteiger charge is 2.44. The summed E-state index contributed by atoms with van der Waals surface area (Å²) >= 11 is 0. The summed E-state index contributed by atoms with van der Waals surface area (Å²) in [4.78, 5) is 5.29. The second-order valence-corrected chi connectivity index (χ2v) is 7.31. The normalized spacial score (nSPS) is 39.5. The minimum Gasteiger partial charge on any atom is -0.381 e. The molecule has 4 atom stereocenters. The summed E-state index contributed by atoms with van der Waals surface area (Å²) in [6.07, 6.45) is 5.24. The van der Waals surface area contributed by atoms with Crippen molar-refractivity contribution in [3.8, 4) is 0 Å². The van der Waals surface area contributed by atoms with Crippen LogP contribution in [0.25, 0.3) is 0 Å². The summed E-state index contributed by atoms with van der Waals surface area (Å²) < 4.78 is 5.63. The van der Waals surface area contributed by atoms with Crippen LogP contribution in [-0.2, 0) is 4.74 Å². The van der Waals surface area contributed by atoms with Crippen molar-refractivity contribution in [3.63, 3.8) is 0 Å². The standard InChI is InChI=1S/C16H31N3O/c1-16(12-17,14-6-9-20-11-14)19-8-5-15-13(10-19)4-3-7-18(15)2/h13-15H,3-12,17H2,1-2H3. The maximum Gasteiger partial charge on any atom is 0.0513 e. The quantitative estimate of drug-likeness (QED) is 0.843. The van der Waals surface area contributed by atoms with Crippen molar-refractivity contribution < 1.29 is 4.74 Å². The van der Waals surface area contributed by atoms with E-state index in [0.717, 1.165) is 31.7 Å². The van der Waals surface area contributed by atoms with E-state index in [2.05, 4.69) is 23.8 Å². The lowest BCUT2D eigenvalue weighted by molar-refractivity contribution is -0.0316. The number of nitrogens with zero attached hydrogens (tertiary/aromatic N) is 2. The molecule has 0 aliphatic carbocycles. The van der Waals surface area contributed by atoms with Gasteiger partial charge in [-0.3, -0.25) is 4.90 Å². The van der Waals surface area contributed by atoms with Gasteiger partial charge in [0.1, 0.15) is 0 Å². The van der Waals surface area contributed by atoms with Crippen LogP contribution in [0.4, 0.5) is 0 Å². The Hall–Kier alpha value is -0.160. The van der Waals surface area contributed by atoms with E-state index >= 15 is 0 Å². The molecule has 20 heavy (non-hydrogen) atoms. The highest BCUT2D eigenvalue weighted by Crippen LogP contribution is 2.37. The number of ether oxygens (including phenoxy) is 1. The zero-order valence-corrected chi connectivity index (χ0v) is 13.2. The van der Waals surface area contributed by atoms with E-state index in [0.29, 0.717) is 5.92 Å². The molecule has 0 amide bonds. The van der Waals surface area contributed by atoms with Gasteiger partial charge in [-0.05, 0) is 52.1 Å². The Morgan fingerprint density at radius 1 is 1.25 bits per heavy atom. The lowest BCUT2D eigenvalue weighted by Crippen LogP contribution is -2.63. The van der Waals surface area contributed by atoms with Crippen molar-refractivity contribution in [1.29, 1.82) is 0 Å². The van der Waals surface area contributed by atoms with E-state index in [-0.39, 0.29) is 5.54 Å². The Morgan fingerprint density at radius 3 is 2.80 bits per heavy atom. The molecule has 0 aromatic carbocycles. The van der Waals surface area contributed by atoms with Gasteiger partial charge in [-0.25, -0.2) is 0 Å². The molecule has 116 valence electrons. The predicted molar refractivity (Wildman–Crippen MR) is 81.7 cm³/mol. The minimum atomic E-state index is 0.136. The Labute approximate surface area is 123 Å². The SMILES string of the molecule is CN1CCCC2CN(C(C)(CN)C3CCOC3)CCC21. The maximum absolute atomic E-state index is 6.21. The first-order valence-electron chi connectivity index (χ1n) is 8.38. The van der Waals surface area contributed by atoms with Crippen LogP contribution in [0.1, 0.15) is 32.6 Å². The van der Waals surface area contributed by atoms with E-state index in [1.807, 2.05) is 0 Å². The molecule has 0 aromatic heterocycles. The summed E-state index contributed by atoms with van der Waals surface area (Å²) in [6, 6.07) is 0.807. The van der Waals surface area contributed by atoms with Gasteiger partial charge in [-0.1, -0.05) is 0 Å². The number of piperidine rings is 2. The zero-order chi connectivity index (χ0) is 14.2. The topological polar surface area (TPSA) is 41.7 Å². The molecule has 3 rings (SSSR count). The van der Waals surface area contributed by atoms with Gasteiger partial charge < -0.3 is 15.4 Å².